The standard InChI is InChI=1S/C21H16N4O3S/c1-12(10-22)28-21(27)13-6-8-14(9-7-13)25-11-16(26)18(19(25)23)20-24-15-4-2-3-5-17(15)29-20/h2-9,12,23,26H,11H2,1H3/t12-/m1/s1. The molecule has 1 atom stereocenters. The van der Waals surface area contributed by atoms with Gasteiger partial charge in [0.25, 0.3) is 0 Å². The van der Waals surface area contributed by atoms with E-state index in [4.69, 9.17) is 15.4 Å². The summed E-state index contributed by atoms with van der Waals surface area (Å²) in [5.41, 5.74) is 2.21. The average Bonchev–Trinajstić information content (AvgIpc) is 3.27. The molecule has 2 N–H and O–H groups in total. The largest absolute Gasteiger partial charge is 0.510 e. The fourth-order valence-corrected chi connectivity index (χ4v) is 4.07. The monoisotopic (exact) mass is 404 g/mol. The molecule has 0 unspecified atom stereocenters. The Bertz CT molecular complexity index is 1160. The van der Waals surface area contributed by atoms with Crippen LogP contribution >= 0.6 is 11.3 Å². The van der Waals surface area contributed by atoms with Crippen LogP contribution in [-0.2, 0) is 4.74 Å². The molecule has 8 heteroatoms. The highest BCUT2D eigenvalue weighted by atomic mass is 32.1. The maximum atomic E-state index is 12.0. The van der Waals surface area contributed by atoms with E-state index in [1.165, 1.54) is 18.3 Å². The van der Waals surface area contributed by atoms with Gasteiger partial charge in [0.2, 0.25) is 0 Å². The van der Waals surface area contributed by atoms with Gasteiger partial charge >= 0.3 is 5.97 Å². The van der Waals surface area contributed by atoms with Crippen LogP contribution in [0.15, 0.2) is 54.3 Å². The number of aromatic nitrogens is 1. The van der Waals surface area contributed by atoms with E-state index >= 15 is 0 Å². The van der Waals surface area contributed by atoms with Crippen molar-refractivity contribution in [3.63, 3.8) is 0 Å². The summed E-state index contributed by atoms with van der Waals surface area (Å²) in [5, 5.41) is 28.4. The molecule has 7 nitrogen and oxygen atoms in total. The highest BCUT2D eigenvalue weighted by molar-refractivity contribution is 7.19. The Morgan fingerprint density at radius 2 is 2.03 bits per heavy atom. The van der Waals surface area contributed by atoms with Crippen molar-refractivity contribution >= 4 is 44.6 Å². The SMILES string of the molecule is C[C@H](C#N)OC(=O)c1ccc(N2CC(O)=C(c3nc4ccccc4s3)C2=N)cc1. The van der Waals surface area contributed by atoms with Crippen LogP contribution in [0.1, 0.15) is 22.3 Å². The quantitative estimate of drug-likeness (QED) is 0.633. The van der Waals surface area contributed by atoms with Crippen LogP contribution in [0.5, 0.6) is 0 Å². The summed E-state index contributed by atoms with van der Waals surface area (Å²) in [6.45, 7) is 1.65. The summed E-state index contributed by atoms with van der Waals surface area (Å²) < 4.78 is 5.97. The molecule has 1 aromatic heterocycles. The second-order valence-electron chi connectivity index (χ2n) is 6.47. The molecule has 29 heavy (non-hydrogen) atoms. The lowest BCUT2D eigenvalue weighted by molar-refractivity contribution is 0.0435. The van der Waals surface area contributed by atoms with Crippen molar-refractivity contribution in [2.24, 2.45) is 0 Å². The predicted octanol–water partition coefficient (Wildman–Crippen LogP) is 4.13. The molecule has 3 aromatic rings. The van der Waals surface area contributed by atoms with Crippen LogP contribution in [0.4, 0.5) is 5.69 Å². The molecule has 0 radical (unpaired) electrons. The van der Waals surface area contributed by atoms with Gasteiger partial charge in [0.15, 0.2) is 6.10 Å². The van der Waals surface area contributed by atoms with Gasteiger partial charge in [0.1, 0.15) is 22.7 Å². The van der Waals surface area contributed by atoms with Crippen molar-refractivity contribution in [1.82, 2.24) is 4.98 Å². The lowest BCUT2D eigenvalue weighted by atomic mass is 10.2. The number of carbonyl (C=O) groups excluding carboxylic acids is 1. The van der Waals surface area contributed by atoms with Crippen molar-refractivity contribution in [3.8, 4) is 6.07 Å². The van der Waals surface area contributed by atoms with Gasteiger partial charge in [-0.1, -0.05) is 12.1 Å². The fraction of sp³-hybridized carbons (Fsp3) is 0.143. The summed E-state index contributed by atoms with van der Waals surface area (Å²) in [6, 6.07) is 16.0. The summed E-state index contributed by atoms with van der Waals surface area (Å²) in [7, 11) is 0. The zero-order chi connectivity index (χ0) is 20.5. The molecule has 2 heterocycles. The number of para-hydroxylation sites is 1. The molecule has 4 rings (SSSR count). The maximum absolute atomic E-state index is 12.0. The number of nitriles is 1. The first-order valence-corrected chi connectivity index (χ1v) is 9.64. The minimum atomic E-state index is -0.827. The number of nitrogens with zero attached hydrogens (tertiary/aromatic N) is 3. The molecule has 2 aromatic carbocycles. The van der Waals surface area contributed by atoms with Crippen LogP contribution in [0.25, 0.3) is 15.8 Å². The first-order valence-electron chi connectivity index (χ1n) is 8.83. The van der Waals surface area contributed by atoms with Crippen LogP contribution in [0, 0.1) is 16.7 Å². The van der Waals surface area contributed by atoms with Crippen molar-refractivity contribution < 1.29 is 14.6 Å². The Hall–Kier alpha value is -3.70. The summed E-state index contributed by atoms with van der Waals surface area (Å²) >= 11 is 1.43. The second-order valence-corrected chi connectivity index (χ2v) is 7.50. The second kappa shape index (κ2) is 7.37. The number of fused-ring (bicyclic) bond motifs is 1. The topological polar surface area (TPSA) is 110 Å². The van der Waals surface area contributed by atoms with E-state index in [0.717, 1.165) is 10.2 Å². The number of esters is 1. The van der Waals surface area contributed by atoms with Gasteiger partial charge in [-0.15, -0.1) is 11.3 Å². The Kier molecular flexibility index (Phi) is 4.74. The zero-order valence-corrected chi connectivity index (χ0v) is 16.2. The molecule has 0 fully saturated rings. The molecule has 0 spiro atoms. The number of benzene rings is 2. The van der Waals surface area contributed by atoms with E-state index in [2.05, 4.69) is 4.98 Å². The number of aliphatic hydroxyl groups excluding tert-OH is 1. The lowest BCUT2D eigenvalue weighted by Crippen LogP contribution is -2.26. The third kappa shape index (κ3) is 3.44. The van der Waals surface area contributed by atoms with Crippen LogP contribution in [0.3, 0.4) is 0 Å². The molecule has 1 aliphatic rings. The molecule has 0 saturated heterocycles. The van der Waals surface area contributed by atoms with Gasteiger partial charge in [0.05, 0.1) is 27.9 Å². The van der Waals surface area contributed by atoms with Gasteiger partial charge in [-0.05, 0) is 43.3 Å². The number of amidine groups is 1. The van der Waals surface area contributed by atoms with E-state index in [1.807, 2.05) is 30.3 Å². The minimum absolute atomic E-state index is 0.0837. The van der Waals surface area contributed by atoms with Crippen molar-refractivity contribution in [2.75, 3.05) is 11.4 Å². The molecule has 0 bridgehead atoms. The molecule has 0 saturated carbocycles. The van der Waals surface area contributed by atoms with E-state index in [9.17, 15) is 9.90 Å². The zero-order valence-electron chi connectivity index (χ0n) is 15.4. The third-order valence-electron chi connectivity index (χ3n) is 4.49. The van der Waals surface area contributed by atoms with Crippen LogP contribution in [0.2, 0.25) is 0 Å². The Labute approximate surface area is 170 Å². The van der Waals surface area contributed by atoms with E-state index in [-0.39, 0.29) is 18.1 Å². The number of nitrogens with one attached hydrogen (secondary N) is 1. The highest BCUT2D eigenvalue weighted by Gasteiger charge is 2.31. The van der Waals surface area contributed by atoms with Crippen LogP contribution < -0.4 is 4.90 Å². The van der Waals surface area contributed by atoms with Gasteiger partial charge in [-0.2, -0.15) is 5.26 Å². The number of hydrogen-bond donors (Lipinski definition) is 2. The number of ether oxygens (including phenoxy) is 1. The molecule has 144 valence electrons. The van der Waals surface area contributed by atoms with Gasteiger partial charge in [-0.25, -0.2) is 9.78 Å². The number of anilines is 1. The van der Waals surface area contributed by atoms with Crippen LogP contribution in [-0.4, -0.2) is 34.5 Å². The Balaban J connectivity index is 1.56. The number of thiazole rings is 1. The Morgan fingerprint density at radius 3 is 2.72 bits per heavy atom. The first-order chi connectivity index (χ1) is 14.0. The number of carbonyl (C=O) groups is 1. The average molecular weight is 404 g/mol. The van der Waals surface area contributed by atoms with Crippen molar-refractivity contribution in [3.05, 3.63) is 64.9 Å². The van der Waals surface area contributed by atoms with Gasteiger partial charge < -0.3 is 14.7 Å². The maximum Gasteiger partial charge on any atom is 0.339 e. The third-order valence-corrected chi connectivity index (χ3v) is 5.55. The van der Waals surface area contributed by atoms with E-state index < -0.39 is 12.1 Å². The fourth-order valence-electron chi connectivity index (χ4n) is 3.04. The molecular weight excluding hydrogens is 388 g/mol. The highest BCUT2D eigenvalue weighted by Crippen LogP contribution is 2.35. The number of aliphatic hydroxyl groups is 1. The van der Waals surface area contributed by atoms with Gasteiger partial charge in [0, 0.05) is 5.69 Å². The molecule has 0 amide bonds. The summed E-state index contributed by atoms with van der Waals surface area (Å²) in [5.74, 6) is -0.353. The number of hydrogen-bond acceptors (Lipinski definition) is 7. The molecular formula is C21H16N4O3S. The molecule has 1 aliphatic heterocycles. The van der Waals surface area contributed by atoms with E-state index in [1.54, 1.807) is 29.2 Å². The van der Waals surface area contributed by atoms with Crippen molar-refractivity contribution in [2.45, 2.75) is 13.0 Å². The lowest BCUT2D eigenvalue weighted by Gasteiger charge is -2.18. The normalized spacial score (nSPS) is 14.9. The predicted molar refractivity (Wildman–Crippen MR) is 111 cm³/mol. The molecule has 0 aliphatic carbocycles. The smallest absolute Gasteiger partial charge is 0.339 e. The Morgan fingerprint density at radius 1 is 1.31 bits per heavy atom. The van der Waals surface area contributed by atoms with Crippen molar-refractivity contribution in [1.29, 1.82) is 10.7 Å². The number of rotatable bonds is 4. The van der Waals surface area contributed by atoms with Gasteiger partial charge in [-0.3, -0.25) is 5.41 Å². The summed E-state index contributed by atoms with van der Waals surface area (Å²) in [4.78, 5) is 18.2. The summed E-state index contributed by atoms with van der Waals surface area (Å²) in [6.07, 6.45) is -0.827. The first kappa shape index (κ1) is 18.7. The van der Waals surface area contributed by atoms with E-state index in [0.29, 0.717) is 21.8 Å². The minimum Gasteiger partial charge on any atom is -0.510 e.